The van der Waals surface area contributed by atoms with Gasteiger partial charge in [-0.1, -0.05) is 29.8 Å². The fourth-order valence-electron chi connectivity index (χ4n) is 1.89. The number of halogens is 2. The third-order valence-electron chi connectivity index (χ3n) is 2.98. The second-order valence-electron chi connectivity index (χ2n) is 4.48. The van der Waals surface area contributed by atoms with E-state index in [1.54, 1.807) is 6.07 Å². The van der Waals surface area contributed by atoms with Gasteiger partial charge in [0, 0.05) is 21.5 Å². The molecule has 0 radical (unpaired) electrons. The Bertz CT molecular complexity index is 817. The second kappa shape index (κ2) is 6.25. The van der Waals surface area contributed by atoms with E-state index in [2.05, 4.69) is 10.3 Å². The van der Waals surface area contributed by atoms with Crippen LogP contribution in [0.1, 0.15) is 10.4 Å². The van der Waals surface area contributed by atoms with Crippen LogP contribution in [0, 0.1) is 5.82 Å². The molecule has 1 heterocycles. The van der Waals surface area contributed by atoms with Crippen molar-refractivity contribution < 1.29 is 9.18 Å². The maximum Gasteiger partial charge on any atom is 0.257 e. The zero-order valence-electron chi connectivity index (χ0n) is 11.2. The summed E-state index contributed by atoms with van der Waals surface area (Å²) in [5.41, 5.74) is 1.88. The number of rotatable bonds is 3. The Kier molecular flexibility index (Phi) is 4.18. The molecule has 3 rings (SSSR count). The minimum Gasteiger partial charge on any atom is -0.298 e. The van der Waals surface area contributed by atoms with E-state index in [0.717, 1.165) is 5.56 Å². The highest BCUT2D eigenvalue weighted by Crippen LogP contribution is 2.30. The number of amides is 1. The number of nitrogens with one attached hydrogen (secondary N) is 1. The van der Waals surface area contributed by atoms with Gasteiger partial charge in [0.05, 0.1) is 5.69 Å². The van der Waals surface area contributed by atoms with Gasteiger partial charge in [-0.05, 0) is 30.3 Å². The summed E-state index contributed by atoms with van der Waals surface area (Å²) >= 11 is 7.43. The van der Waals surface area contributed by atoms with E-state index in [4.69, 9.17) is 11.6 Å². The number of hydrogen-bond donors (Lipinski definition) is 1. The van der Waals surface area contributed by atoms with Gasteiger partial charge in [-0.25, -0.2) is 9.37 Å². The summed E-state index contributed by atoms with van der Waals surface area (Å²) in [4.78, 5) is 16.4. The fraction of sp³-hybridized carbons (Fsp3) is 0. The number of thiazole rings is 1. The second-order valence-corrected chi connectivity index (χ2v) is 5.74. The molecule has 0 aliphatic carbocycles. The number of hydrogen-bond acceptors (Lipinski definition) is 3. The number of aromatic nitrogens is 1. The molecule has 110 valence electrons. The molecule has 0 spiro atoms. The molecule has 0 bridgehead atoms. The van der Waals surface area contributed by atoms with Crippen molar-refractivity contribution in [3.05, 3.63) is 70.3 Å². The lowest BCUT2D eigenvalue weighted by Crippen LogP contribution is -2.11. The van der Waals surface area contributed by atoms with E-state index in [0.29, 0.717) is 21.4 Å². The molecule has 1 N–H and O–H groups in total. The van der Waals surface area contributed by atoms with Crippen molar-refractivity contribution in [2.75, 3.05) is 5.32 Å². The van der Waals surface area contributed by atoms with Crippen molar-refractivity contribution >= 4 is 34.0 Å². The summed E-state index contributed by atoms with van der Waals surface area (Å²) in [5.74, 6) is -0.716. The summed E-state index contributed by atoms with van der Waals surface area (Å²) in [7, 11) is 0. The van der Waals surface area contributed by atoms with Crippen molar-refractivity contribution in [3.8, 4) is 11.3 Å². The first kappa shape index (κ1) is 14.7. The van der Waals surface area contributed by atoms with Gasteiger partial charge < -0.3 is 0 Å². The molecule has 1 amide bonds. The average Bonchev–Trinajstić information content (AvgIpc) is 2.96. The Morgan fingerprint density at radius 1 is 1.14 bits per heavy atom. The Labute approximate surface area is 135 Å². The average molecular weight is 333 g/mol. The van der Waals surface area contributed by atoms with Crippen LogP contribution in [0.2, 0.25) is 5.02 Å². The van der Waals surface area contributed by atoms with Gasteiger partial charge in [-0.3, -0.25) is 10.1 Å². The standard InChI is InChI=1S/C16H10ClFN2OS/c17-13-4-2-1-3-12(13)14-9-22-16(19-14)20-15(21)10-5-7-11(18)8-6-10/h1-9H,(H,19,20,21). The maximum absolute atomic E-state index is 12.9. The normalized spacial score (nSPS) is 10.5. The van der Waals surface area contributed by atoms with Gasteiger partial charge in [-0.2, -0.15) is 0 Å². The van der Waals surface area contributed by atoms with Crippen LogP contribution in [0.25, 0.3) is 11.3 Å². The lowest BCUT2D eigenvalue weighted by atomic mass is 10.2. The van der Waals surface area contributed by atoms with Crippen molar-refractivity contribution in [1.29, 1.82) is 0 Å². The van der Waals surface area contributed by atoms with Crippen molar-refractivity contribution in [2.24, 2.45) is 0 Å². The smallest absolute Gasteiger partial charge is 0.257 e. The quantitative estimate of drug-likeness (QED) is 0.744. The zero-order chi connectivity index (χ0) is 15.5. The lowest BCUT2D eigenvalue weighted by molar-refractivity contribution is 0.102. The number of benzene rings is 2. The molecule has 3 nitrogen and oxygen atoms in total. The SMILES string of the molecule is O=C(Nc1nc(-c2ccccc2Cl)cs1)c1ccc(F)cc1. The molecule has 6 heteroatoms. The molecule has 0 fully saturated rings. The molecule has 2 aromatic carbocycles. The molecule has 1 aromatic heterocycles. The Morgan fingerprint density at radius 3 is 2.59 bits per heavy atom. The minimum absolute atomic E-state index is 0.333. The van der Waals surface area contributed by atoms with E-state index < -0.39 is 0 Å². The lowest BCUT2D eigenvalue weighted by Gasteiger charge is -2.02. The molecule has 22 heavy (non-hydrogen) atoms. The summed E-state index contributed by atoms with van der Waals surface area (Å²) < 4.78 is 12.9. The first-order valence-corrected chi connectivity index (χ1v) is 7.66. The highest BCUT2D eigenvalue weighted by Gasteiger charge is 2.11. The number of anilines is 1. The van der Waals surface area contributed by atoms with Crippen LogP contribution < -0.4 is 5.32 Å². The van der Waals surface area contributed by atoms with Crippen molar-refractivity contribution in [2.45, 2.75) is 0 Å². The van der Waals surface area contributed by atoms with E-state index in [9.17, 15) is 9.18 Å². The Morgan fingerprint density at radius 2 is 1.86 bits per heavy atom. The molecule has 0 saturated heterocycles. The topological polar surface area (TPSA) is 42.0 Å². The van der Waals surface area contributed by atoms with Crippen LogP contribution in [0.15, 0.2) is 53.9 Å². The minimum atomic E-state index is -0.383. The van der Waals surface area contributed by atoms with Gasteiger partial charge in [0.25, 0.3) is 5.91 Å². The number of carbonyl (C=O) groups is 1. The van der Waals surface area contributed by atoms with Crippen molar-refractivity contribution in [1.82, 2.24) is 4.98 Å². The molecule has 0 saturated carbocycles. The van der Waals surface area contributed by atoms with Gasteiger partial charge in [0.1, 0.15) is 5.82 Å². The summed E-state index contributed by atoms with van der Waals surface area (Å²) in [6.45, 7) is 0. The van der Waals surface area contributed by atoms with Crippen LogP contribution in [-0.4, -0.2) is 10.9 Å². The predicted octanol–water partition coefficient (Wildman–Crippen LogP) is 4.85. The van der Waals surface area contributed by atoms with Crippen LogP contribution in [0.5, 0.6) is 0 Å². The van der Waals surface area contributed by atoms with E-state index >= 15 is 0 Å². The monoisotopic (exact) mass is 332 g/mol. The molecular weight excluding hydrogens is 323 g/mol. The van der Waals surface area contributed by atoms with Gasteiger partial charge in [0.2, 0.25) is 0 Å². The fourth-order valence-corrected chi connectivity index (χ4v) is 2.83. The molecule has 0 unspecified atom stereocenters. The summed E-state index contributed by atoms with van der Waals surface area (Å²) in [6, 6.07) is 12.7. The molecule has 0 aliphatic heterocycles. The first-order chi connectivity index (χ1) is 10.6. The zero-order valence-corrected chi connectivity index (χ0v) is 12.8. The third-order valence-corrected chi connectivity index (χ3v) is 4.07. The third kappa shape index (κ3) is 3.16. The van der Waals surface area contributed by atoms with Crippen LogP contribution in [-0.2, 0) is 0 Å². The van der Waals surface area contributed by atoms with Crippen molar-refractivity contribution in [3.63, 3.8) is 0 Å². The van der Waals surface area contributed by atoms with E-state index in [1.165, 1.54) is 35.6 Å². The van der Waals surface area contributed by atoms with Crippen LogP contribution in [0.4, 0.5) is 9.52 Å². The molecular formula is C16H10ClFN2OS. The predicted molar refractivity (Wildman–Crippen MR) is 86.9 cm³/mol. The highest BCUT2D eigenvalue weighted by molar-refractivity contribution is 7.14. The van der Waals surface area contributed by atoms with E-state index in [-0.39, 0.29) is 11.7 Å². The van der Waals surface area contributed by atoms with Gasteiger partial charge >= 0.3 is 0 Å². The molecule has 0 aliphatic rings. The molecule has 0 atom stereocenters. The Hall–Kier alpha value is -2.24. The van der Waals surface area contributed by atoms with Crippen LogP contribution in [0.3, 0.4) is 0 Å². The Balaban J connectivity index is 1.78. The van der Waals surface area contributed by atoms with E-state index in [1.807, 2.05) is 23.6 Å². The van der Waals surface area contributed by atoms with Crippen LogP contribution >= 0.6 is 22.9 Å². The largest absolute Gasteiger partial charge is 0.298 e. The number of nitrogens with zero attached hydrogens (tertiary/aromatic N) is 1. The summed E-state index contributed by atoms with van der Waals surface area (Å²) in [6.07, 6.45) is 0. The molecule has 3 aromatic rings. The van der Waals surface area contributed by atoms with Gasteiger partial charge in [-0.15, -0.1) is 11.3 Å². The summed E-state index contributed by atoms with van der Waals surface area (Å²) in [5, 5.41) is 5.57. The number of carbonyl (C=O) groups excluding carboxylic acids is 1. The first-order valence-electron chi connectivity index (χ1n) is 6.41. The maximum atomic E-state index is 12.9. The van der Waals surface area contributed by atoms with Gasteiger partial charge in [0.15, 0.2) is 5.13 Å². The highest BCUT2D eigenvalue weighted by atomic mass is 35.5.